The highest BCUT2D eigenvalue weighted by Crippen LogP contribution is 2.18. The third-order valence-electron chi connectivity index (χ3n) is 1.51. The molecule has 0 bridgehead atoms. The number of nitrogens with zero attached hydrogens (tertiary/aromatic N) is 2. The molecule has 0 saturated carbocycles. The van der Waals surface area contributed by atoms with Gasteiger partial charge in [0.25, 0.3) is 0 Å². The van der Waals surface area contributed by atoms with E-state index in [0.717, 1.165) is 16.5 Å². The number of rotatable bonds is 4. The molecule has 0 aliphatic heterocycles. The minimum Gasteiger partial charge on any atom is -0.357 e. The van der Waals surface area contributed by atoms with Crippen molar-refractivity contribution in [2.24, 2.45) is 0 Å². The lowest BCUT2D eigenvalue weighted by molar-refractivity contribution is 1.00. The van der Waals surface area contributed by atoms with Gasteiger partial charge in [-0.25, -0.2) is 9.97 Å². The predicted molar refractivity (Wildman–Crippen MR) is 57.3 cm³/mol. The van der Waals surface area contributed by atoms with E-state index in [1.54, 1.807) is 11.8 Å². The molecule has 1 aromatic heterocycles. The largest absolute Gasteiger partial charge is 0.357 e. The first-order chi connectivity index (χ1) is 6.26. The molecular formula is C9H15N3S. The Hall–Kier alpha value is -0.770. The Balaban J connectivity index is 2.76. The van der Waals surface area contributed by atoms with Crippen LogP contribution in [0, 0.1) is 6.92 Å². The van der Waals surface area contributed by atoms with Crippen LogP contribution in [0.25, 0.3) is 0 Å². The van der Waals surface area contributed by atoms with Crippen molar-refractivity contribution in [3.8, 4) is 0 Å². The lowest BCUT2D eigenvalue weighted by atomic mass is 10.5. The van der Waals surface area contributed by atoms with Crippen LogP contribution in [0.15, 0.2) is 11.1 Å². The number of aromatic nitrogens is 2. The highest BCUT2D eigenvalue weighted by Gasteiger charge is 1.99. The summed E-state index contributed by atoms with van der Waals surface area (Å²) in [7, 11) is 1.84. The van der Waals surface area contributed by atoms with Crippen molar-refractivity contribution in [3.63, 3.8) is 0 Å². The maximum absolute atomic E-state index is 4.33. The molecule has 3 nitrogen and oxygen atoms in total. The second kappa shape index (κ2) is 5.07. The van der Waals surface area contributed by atoms with E-state index < -0.39 is 0 Å². The van der Waals surface area contributed by atoms with E-state index in [2.05, 4.69) is 22.2 Å². The monoisotopic (exact) mass is 197 g/mol. The zero-order valence-corrected chi connectivity index (χ0v) is 9.11. The summed E-state index contributed by atoms with van der Waals surface area (Å²) in [5.74, 6) is 1.82. The second-order valence-electron chi connectivity index (χ2n) is 2.77. The minimum absolute atomic E-state index is 0.707. The standard InChI is InChI=1S/C9H15N3S/c1-4-5-13-8-6-7(2)11-9(10-3)12-8/h6H,4-5H2,1-3H3,(H,10,11,12). The van der Waals surface area contributed by atoms with Crippen molar-refractivity contribution in [3.05, 3.63) is 11.8 Å². The molecule has 0 aliphatic rings. The van der Waals surface area contributed by atoms with Gasteiger partial charge in [0.2, 0.25) is 5.95 Å². The molecule has 72 valence electrons. The quantitative estimate of drug-likeness (QED) is 0.594. The number of hydrogen-bond donors (Lipinski definition) is 1. The fraction of sp³-hybridized carbons (Fsp3) is 0.556. The van der Waals surface area contributed by atoms with E-state index in [4.69, 9.17) is 0 Å². The molecule has 1 rings (SSSR count). The number of nitrogens with one attached hydrogen (secondary N) is 1. The average molecular weight is 197 g/mol. The highest BCUT2D eigenvalue weighted by atomic mass is 32.2. The summed E-state index contributed by atoms with van der Waals surface area (Å²) in [4.78, 5) is 8.56. The van der Waals surface area contributed by atoms with Gasteiger partial charge >= 0.3 is 0 Å². The molecule has 13 heavy (non-hydrogen) atoms. The fourth-order valence-corrected chi connectivity index (χ4v) is 1.75. The molecule has 0 saturated heterocycles. The van der Waals surface area contributed by atoms with Crippen LogP contribution in [0.1, 0.15) is 19.0 Å². The molecular weight excluding hydrogens is 182 g/mol. The summed E-state index contributed by atoms with van der Waals surface area (Å²) < 4.78 is 0. The lowest BCUT2D eigenvalue weighted by Crippen LogP contribution is -1.98. The summed E-state index contributed by atoms with van der Waals surface area (Å²) in [6.07, 6.45) is 1.17. The van der Waals surface area contributed by atoms with Gasteiger partial charge in [0, 0.05) is 12.7 Å². The van der Waals surface area contributed by atoms with Crippen molar-refractivity contribution < 1.29 is 0 Å². The van der Waals surface area contributed by atoms with Gasteiger partial charge in [-0.05, 0) is 25.2 Å². The van der Waals surface area contributed by atoms with Crippen molar-refractivity contribution >= 4 is 17.7 Å². The van der Waals surface area contributed by atoms with E-state index >= 15 is 0 Å². The zero-order chi connectivity index (χ0) is 9.68. The smallest absolute Gasteiger partial charge is 0.223 e. The van der Waals surface area contributed by atoms with Crippen LogP contribution < -0.4 is 5.32 Å². The van der Waals surface area contributed by atoms with Gasteiger partial charge in [-0.3, -0.25) is 0 Å². The van der Waals surface area contributed by atoms with Gasteiger partial charge in [-0.1, -0.05) is 6.92 Å². The number of hydrogen-bond acceptors (Lipinski definition) is 4. The maximum Gasteiger partial charge on any atom is 0.223 e. The van der Waals surface area contributed by atoms with E-state index in [-0.39, 0.29) is 0 Å². The lowest BCUT2D eigenvalue weighted by Gasteiger charge is -2.03. The van der Waals surface area contributed by atoms with Crippen LogP contribution in [0.5, 0.6) is 0 Å². The van der Waals surface area contributed by atoms with Gasteiger partial charge in [-0.15, -0.1) is 11.8 Å². The fourth-order valence-electron chi connectivity index (χ4n) is 0.932. The molecule has 0 spiro atoms. The molecule has 4 heteroatoms. The van der Waals surface area contributed by atoms with Crippen LogP contribution in [0.4, 0.5) is 5.95 Å². The third kappa shape index (κ3) is 3.22. The molecule has 1 N–H and O–H groups in total. The summed E-state index contributed by atoms with van der Waals surface area (Å²) in [6.45, 7) is 4.15. The van der Waals surface area contributed by atoms with Crippen molar-refractivity contribution in [1.82, 2.24) is 9.97 Å². The maximum atomic E-state index is 4.33. The molecule has 1 heterocycles. The topological polar surface area (TPSA) is 37.8 Å². The molecule has 1 aromatic rings. The Morgan fingerprint density at radius 1 is 1.46 bits per heavy atom. The molecule has 0 fully saturated rings. The Kier molecular flexibility index (Phi) is 4.02. The summed E-state index contributed by atoms with van der Waals surface area (Å²) in [5, 5.41) is 4.00. The van der Waals surface area contributed by atoms with Crippen molar-refractivity contribution in [2.45, 2.75) is 25.3 Å². The second-order valence-corrected chi connectivity index (χ2v) is 3.88. The minimum atomic E-state index is 0.707. The molecule has 0 amide bonds. The van der Waals surface area contributed by atoms with Crippen molar-refractivity contribution in [2.75, 3.05) is 18.1 Å². The first kappa shape index (κ1) is 10.3. The molecule has 0 aromatic carbocycles. The zero-order valence-electron chi connectivity index (χ0n) is 8.29. The first-order valence-corrected chi connectivity index (χ1v) is 5.41. The molecule has 0 radical (unpaired) electrons. The van der Waals surface area contributed by atoms with Gasteiger partial charge in [-0.2, -0.15) is 0 Å². The van der Waals surface area contributed by atoms with E-state index in [1.807, 2.05) is 20.0 Å². The van der Waals surface area contributed by atoms with Crippen LogP contribution in [0.3, 0.4) is 0 Å². The number of thioether (sulfide) groups is 1. The van der Waals surface area contributed by atoms with Gasteiger partial charge in [0.05, 0.1) is 0 Å². The Bertz CT molecular complexity index is 276. The number of anilines is 1. The average Bonchev–Trinajstić information content (AvgIpc) is 2.14. The van der Waals surface area contributed by atoms with Crippen LogP contribution >= 0.6 is 11.8 Å². The van der Waals surface area contributed by atoms with Crippen LogP contribution in [-0.4, -0.2) is 22.8 Å². The van der Waals surface area contributed by atoms with Crippen LogP contribution in [0.2, 0.25) is 0 Å². The summed E-state index contributed by atoms with van der Waals surface area (Å²) in [5.41, 5.74) is 1.01. The van der Waals surface area contributed by atoms with E-state index in [1.165, 1.54) is 6.42 Å². The Labute approximate surface area is 83.4 Å². The first-order valence-electron chi connectivity index (χ1n) is 4.42. The number of aryl methyl sites for hydroxylation is 1. The summed E-state index contributed by atoms with van der Waals surface area (Å²) in [6, 6.07) is 2.02. The predicted octanol–water partition coefficient (Wildman–Crippen LogP) is 2.33. The SMILES string of the molecule is CCCSc1cc(C)nc(NC)n1. The molecule has 0 atom stereocenters. The van der Waals surface area contributed by atoms with E-state index in [0.29, 0.717) is 5.95 Å². The van der Waals surface area contributed by atoms with E-state index in [9.17, 15) is 0 Å². The van der Waals surface area contributed by atoms with Gasteiger partial charge < -0.3 is 5.32 Å². The Morgan fingerprint density at radius 3 is 2.85 bits per heavy atom. The normalized spacial score (nSPS) is 10.1. The van der Waals surface area contributed by atoms with Gasteiger partial charge in [0.15, 0.2) is 0 Å². The molecule has 0 unspecified atom stereocenters. The molecule has 0 aliphatic carbocycles. The van der Waals surface area contributed by atoms with Crippen molar-refractivity contribution in [1.29, 1.82) is 0 Å². The highest BCUT2D eigenvalue weighted by molar-refractivity contribution is 7.99. The van der Waals surface area contributed by atoms with Gasteiger partial charge in [0.1, 0.15) is 5.03 Å². The third-order valence-corrected chi connectivity index (χ3v) is 2.63. The van der Waals surface area contributed by atoms with Crippen LogP contribution in [-0.2, 0) is 0 Å². The summed E-state index contributed by atoms with van der Waals surface area (Å²) >= 11 is 1.77. The Morgan fingerprint density at radius 2 is 2.23 bits per heavy atom.